The molecule has 0 radical (unpaired) electrons. The highest BCUT2D eigenvalue weighted by molar-refractivity contribution is 5.95. The van der Waals surface area contributed by atoms with Gasteiger partial charge in [-0.3, -0.25) is 9.88 Å². The van der Waals surface area contributed by atoms with Gasteiger partial charge in [-0.25, -0.2) is 0 Å². The van der Waals surface area contributed by atoms with Gasteiger partial charge in [-0.05, 0) is 37.0 Å². The van der Waals surface area contributed by atoms with Crippen LogP contribution in [0.5, 0.6) is 0 Å². The average molecular weight is 278 g/mol. The van der Waals surface area contributed by atoms with E-state index in [0.717, 1.165) is 25.1 Å². The molecule has 6 heteroatoms. The monoisotopic (exact) mass is 278 g/mol. The second-order valence-corrected chi connectivity index (χ2v) is 5.17. The van der Waals surface area contributed by atoms with Gasteiger partial charge >= 0.3 is 0 Å². The first-order valence-corrected chi connectivity index (χ1v) is 7.02. The van der Waals surface area contributed by atoms with E-state index in [2.05, 4.69) is 15.0 Å². The number of nitrogens with zero attached hydrogens (tertiary/aromatic N) is 3. The molecule has 0 unspecified atom stereocenters. The second-order valence-electron chi connectivity index (χ2n) is 5.17. The van der Waals surface area contributed by atoms with Crippen LogP contribution in [-0.4, -0.2) is 45.2 Å². The third-order valence-corrected chi connectivity index (χ3v) is 3.77. The second kappa shape index (κ2) is 7.21. The normalized spacial score (nSPS) is 16.4. The molecular formula is C14H22N4O2. The molecule has 4 N–H and O–H groups in total. The Morgan fingerprint density at radius 2 is 2.30 bits per heavy atom. The molecule has 1 fully saturated rings. The molecule has 0 spiro atoms. The molecule has 1 aliphatic carbocycles. The average Bonchev–Trinajstić information content (AvgIpc) is 2.42. The van der Waals surface area contributed by atoms with Crippen LogP contribution in [0, 0.1) is 0 Å². The zero-order valence-electron chi connectivity index (χ0n) is 11.6. The smallest absolute Gasteiger partial charge is 0.188 e. The number of aliphatic hydroxyl groups excluding tert-OH is 1. The van der Waals surface area contributed by atoms with Gasteiger partial charge in [0.1, 0.15) is 5.69 Å². The molecule has 0 aromatic carbocycles. The topological polar surface area (TPSA) is 95.0 Å². The Bertz CT molecular complexity index is 460. The predicted octanol–water partition coefficient (Wildman–Crippen LogP) is 0.913. The molecule has 0 amide bonds. The highest BCUT2D eigenvalue weighted by atomic mass is 16.4. The van der Waals surface area contributed by atoms with E-state index >= 15 is 0 Å². The van der Waals surface area contributed by atoms with E-state index in [0.29, 0.717) is 11.7 Å². The van der Waals surface area contributed by atoms with Gasteiger partial charge in [-0.15, -0.1) is 0 Å². The summed E-state index contributed by atoms with van der Waals surface area (Å²) in [4.78, 5) is 6.48. The molecule has 0 saturated heterocycles. The fourth-order valence-electron chi connectivity index (χ4n) is 2.41. The highest BCUT2D eigenvalue weighted by Gasteiger charge is 2.24. The summed E-state index contributed by atoms with van der Waals surface area (Å²) < 4.78 is 0. The van der Waals surface area contributed by atoms with Crippen LogP contribution in [-0.2, 0) is 6.54 Å². The predicted molar refractivity (Wildman–Crippen MR) is 76.5 cm³/mol. The molecule has 1 aliphatic rings. The van der Waals surface area contributed by atoms with Crippen molar-refractivity contribution in [2.45, 2.75) is 38.3 Å². The van der Waals surface area contributed by atoms with Crippen molar-refractivity contribution in [1.29, 1.82) is 0 Å². The van der Waals surface area contributed by atoms with Crippen molar-refractivity contribution in [3.63, 3.8) is 0 Å². The van der Waals surface area contributed by atoms with Crippen molar-refractivity contribution in [2.24, 2.45) is 10.9 Å². The molecular weight excluding hydrogens is 256 g/mol. The molecule has 1 aromatic heterocycles. The maximum atomic E-state index is 9.01. The Kier molecular flexibility index (Phi) is 5.31. The van der Waals surface area contributed by atoms with E-state index in [4.69, 9.17) is 16.0 Å². The first kappa shape index (κ1) is 14.7. The van der Waals surface area contributed by atoms with Crippen LogP contribution >= 0.6 is 0 Å². The summed E-state index contributed by atoms with van der Waals surface area (Å²) in [6.45, 7) is 1.91. The minimum atomic E-state index is 0.0254. The van der Waals surface area contributed by atoms with Crippen molar-refractivity contribution in [2.75, 3.05) is 13.2 Å². The number of amidine groups is 1. The lowest BCUT2D eigenvalue weighted by Gasteiger charge is -2.37. The summed E-state index contributed by atoms with van der Waals surface area (Å²) >= 11 is 0. The maximum absolute atomic E-state index is 9.01. The number of nitrogens with two attached hydrogens (primary N) is 1. The fourth-order valence-corrected chi connectivity index (χ4v) is 2.41. The third kappa shape index (κ3) is 3.68. The first-order chi connectivity index (χ1) is 9.74. The standard InChI is InChI=1S/C14H22N4O2/c15-14(17-20)13-9-11(5-6-16-13)10-18(7-2-8-19)12-3-1-4-12/h5-6,9,12,19-20H,1-4,7-8,10H2,(H2,15,17). The van der Waals surface area contributed by atoms with Gasteiger partial charge in [-0.2, -0.15) is 0 Å². The van der Waals surface area contributed by atoms with Crippen LogP contribution in [0.25, 0.3) is 0 Å². The van der Waals surface area contributed by atoms with Crippen LogP contribution in [0.1, 0.15) is 36.9 Å². The van der Waals surface area contributed by atoms with Gasteiger partial charge in [0.15, 0.2) is 5.84 Å². The number of hydrogen-bond donors (Lipinski definition) is 3. The van der Waals surface area contributed by atoms with Gasteiger partial charge in [0.05, 0.1) is 0 Å². The van der Waals surface area contributed by atoms with Gasteiger partial charge < -0.3 is 16.0 Å². The minimum Gasteiger partial charge on any atom is -0.409 e. The Balaban J connectivity index is 2.05. The van der Waals surface area contributed by atoms with Crippen molar-refractivity contribution >= 4 is 5.84 Å². The lowest BCUT2D eigenvalue weighted by Crippen LogP contribution is -2.40. The fraction of sp³-hybridized carbons (Fsp3) is 0.571. The van der Waals surface area contributed by atoms with E-state index in [1.165, 1.54) is 19.3 Å². The van der Waals surface area contributed by atoms with Crippen LogP contribution < -0.4 is 5.73 Å². The van der Waals surface area contributed by atoms with Gasteiger partial charge in [-0.1, -0.05) is 11.6 Å². The highest BCUT2D eigenvalue weighted by Crippen LogP contribution is 2.26. The molecule has 20 heavy (non-hydrogen) atoms. The van der Waals surface area contributed by atoms with Crippen molar-refractivity contribution in [3.8, 4) is 0 Å². The summed E-state index contributed by atoms with van der Waals surface area (Å²) in [5.74, 6) is 0.0254. The summed E-state index contributed by atoms with van der Waals surface area (Å²) in [7, 11) is 0. The lowest BCUT2D eigenvalue weighted by atomic mass is 9.91. The molecule has 6 nitrogen and oxygen atoms in total. The minimum absolute atomic E-state index is 0.0254. The molecule has 2 rings (SSSR count). The largest absolute Gasteiger partial charge is 0.409 e. The lowest BCUT2D eigenvalue weighted by molar-refractivity contribution is 0.109. The third-order valence-electron chi connectivity index (χ3n) is 3.77. The maximum Gasteiger partial charge on any atom is 0.188 e. The van der Waals surface area contributed by atoms with Gasteiger partial charge in [0.2, 0.25) is 0 Å². The Labute approximate surface area is 118 Å². The molecule has 1 aromatic rings. The quantitative estimate of drug-likeness (QED) is 0.298. The number of oxime groups is 1. The van der Waals surface area contributed by atoms with Crippen molar-refractivity contribution in [1.82, 2.24) is 9.88 Å². The molecule has 0 atom stereocenters. The van der Waals surface area contributed by atoms with Crippen molar-refractivity contribution < 1.29 is 10.3 Å². The molecule has 0 bridgehead atoms. The Hall–Kier alpha value is -1.66. The van der Waals surface area contributed by atoms with E-state index in [1.807, 2.05) is 12.1 Å². The summed E-state index contributed by atoms with van der Waals surface area (Å²) in [6.07, 6.45) is 6.20. The van der Waals surface area contributed by atoms with Gasteiger partial charge in [0, 0.05) is 31.9 Å². The number of aromatic nitrogens is 1. The first-order valence-electron chi connectivity index (χ1n) is 7.02. The number of aliphatic hydroxyl groups is 1. The number of hydrogen-bond acceptors (Lipinski definition) is 5. The summed E-state index contributed by atoms with van der Waals surface area (Å²) in [5, 5.41) is 20.7. The molecule has 110 valence electrons. The zero-order valence-corrected chi connectivity index (χ0v) is 11.6. The van der Waals surface area contributed by atoms with Crippen LogP contribution in [0.15, 0.2) is 23.5 Å². The summed E-state index contributed by atoms with van der Waals surface area (Å²) in [5.41, 5.74) is 7.14. The molecule has 0 aliphatic heterocycles. The van der Waals surface area contributed by atoms with Gasteiger partial charge in [0.25, 0.3) is 0 Å². The zero-order chi connectivity index (χ0) is 14.4. The Morgan fingerprint density at radius 3 is 2.90 bits per heavy atom. The number of rotatable bonds is 7. The van der Waals surface area contributed by atoms with Crippen LogP contribution in [0.2, 0.25) is 0 Å². The van der Waals surface area contributed by atoms with Crippen LogP contribution in [0.4, 0.5) is 0 Å². The SMILES string of the molecule is N/C(=N/O)c1cc(CN(CCCO)C2CCC2)ccn1. The van der Waals surface area contributed by atoms with Crippen LogP contribution in [0.3, 0.4) is 0 Å². The summed E-state index contributed by atoms with van der Waals surface area (Å²) in [6, 6.07) is 4.40. The number of pyridine rings is 1. The Morgan fingerprint density at radius 1 is 1.50 bits per heavy atom. The van der Waals surface area contributed by atoms with E-state index in [1.54, 1.807) is 6.20 Å². The van der Waals surface area contributed by atoms with Crippen molar-refractivity contribution in [3.05, 3.63) is 29.6 Å². The van der Waals surface area contributed by atoms with E-state index in [9.17, 15) is 0 Å². The van der Waals surface area contributed by atoms with E-state index in [-0.39, 0.29) is 12.4 Å². The molecule has 1 heterocycles. The molecule has 1 saturated carbocycles. The van der Waals surface area contributed by atoms with E-state index < -0.39 is 0 Å².